The Bertz CT molecular complexity index is 1170. The Morgan fingerprint density at radius 3 is 2.45 bits per heavy atom. The van der Waals surface area contributed by atoms with Gasteiger partial charge in [-0.25, -0.2) is 13.4 Å². The summed E-state index contributed by atoms with van der Waals surface area (Å²) in [7, 11) is -2.41. The van der Waals surface area contributed by atoms with E-state index >= 15 is 0 Å². The summed E-state index contributed by atoms with van der Waals surface area (Å²) in [6.45, 7) is 4.13. The van der Waals surface area contributed by atoms with Crippen molar-refractivity contribution in [2.24, 2.45) is 0 Å². The molecule has 1 N–H and O–H groups in total. The van der Waals surface area contributed by atoms with Crippen LogP contribution in [0.1, 0.15) is 24.2 Å². The molecule has 1 aromatic heterocycles. The van der Waals surface area contributed by atoms with Crippen molar-refractivity contribution >= 4 is 44.0 Å². The Hall–Kier alpha value is -2.46. The molecule has 0 saturated heterocycles. The molecule has 1 amide bonds. The van der Waals surface area contributed by atoms with Crippen molar-refractivity contribution in [1.29, 1.82) is 0 Å². The van der Waals surface area contributed by atoms with Crippen LogP contribution in [-0.4, -0.2) is 43.8 Å². The van der Waals surface area contributed by atoms with Gasteiger partial charge in [-0.15, -0.1) is 11.3 Å². The summed E-state index contributed by atoms with van der Waals surface area (Å²) in [5, 5.41) is 5.58. The lowest BCUT2D eigenvalue weighted by Gasteiger charge is -2.20. The second kappa shape index (κ2) is 9.78. The predicted octanol–water partition coefficient (Wildman–Crippen LogP) is 4.75. The smallest absolute Gasteiger partial charge is 0.257 e. The van der Waals surface area contributed by atoms with Crippen molar-refractivity contribution < 1.29 is 17.9 Å². The number of nitrogens with zero attached hydrogens (tertiary/aromatic N) is 2. The third-order valence-electron chi connectivity index (χ3n) is 4.61. The van der Waals surface area contributed by atoms with Crippen molar-refractivity contribution in [3.63, 3.8) is 0 Å². The number of benzene rings is 2. The van der Waals surface area contributed by atoms with Crippen LogP contribution in [0.25, 0.3) is 11.3 Å². The van der Waals surface area contributed by atoms with Crippen molar-refractivity contribution in [2.45, 2.75) is 18.7 Å². The molecular weight excluding hydrogens is 458 g/mol. The molecule has 0 unspecified atom stereocenters. The normalized spacial score (nSPS) is 11.5. The number of ether oxygens (including phenoxy) is 1. The van der Waals surface area contributed by atoms with E-state index < -0.39 is 15.9 Å². The molecule has 0 aliphatic rings. The van der Waals surface area contributed by atoms with Gasteiger partial charge in [0.25, 0.3) is 5.91 Å². The molecule has 7 nitrogen and oxygen atoms in total. The molecule has 0 fully saturated rings. The van der Waals surface area contributed by atoms with Gasteiger partial charge in [-0.2, -0.15) is 4.31 Å². The molecule has 0 bridgehead atoms. The van der Waals surface area contributed by atoms with Gasteiger partial charge in [0.15, 0.2) is 5.13 Å². The number of nitrogens with one attached hydrogen (secondary N) is 1. The highest BCUT2D eigenvalue weighted by Gasteiger charge is 2.27. The molecule has 0 saturated carbocycles. The maximum atomic E-state index is 13.0. The van der Waals surface area contributed by atoms with Crippen LogP contribution in [-0.2, 0) is 10.0 Å². The quantitative estimate of drug-likeness (QED) is 0.503. The van der Waals surface area contributed by atoms with Gasteiger partial charge in [0.1, 0.15) is 10.6 Å². The molecule has 0 spiro atoms. The maximum absolute atomic E-state index is 13.0. The molecule has 0 aliphatic heterocycles. The van der Waals surface area contributed by atoms with Crippen LogP contribution in [0.15, 0.2) is 52.7 Å². The molecule has 3 rings (SSSR count). The number of halogens is 1. The summed E-state index contributed by atoms with van der Waals surface area (Å²) in [5.41, 5.74) is 1.77. The van der Waals surface area contributed by atoms with Gasteiger partial charge in [0.2, 0.25) is 10.0 Å². The zero-order valence-electron chi connectivity index (χ0n) is 17.3. The molecule has 2 aromatic carbocycles. The van der Waals surface area contributed by atoms with Crippen molar-refractivity contribution in [1.82, 2.24) is 9.29 Å². The third kappa shape index (κ3) is 5.07. The predicted molar refractivity (Wildman–Crippen MR) is 124 cm³/mol. The topological polar surface area (TPSA) is 88.6 Å². The largest absolute Gasteiger partial charge is 0.495 e. The lowest BCUT2D eigenvalue weighted by molar-refractivity contribution is 0.102. The van der Waals surface area contributed by atoms with E-state index in [0.717, 1.165) is 5.56 Å². The average molecular weight is 480 g/mol. The van der Waals surface area contributed by atoms with Gasteiger partial charge in [-0.1, -0.05) is 37.6 Å². The van der Waals surface area contributed by atoms with E-state index in [2.05, 4.69) is 10.3 Å². The minimum atomic E-state index is -3.80. The minimum absolute atomic E-state index is 0.0488. The van der Waals surface area contributed by atoms with Crippen molar-refractivity contribution in [3.05, 3.63) is 58.4 Å². The van der Waals surface area contributed by atoms with Gasteiger partial charge in [-0.05, 0) is 30.3 Å². The van der Waals surface area contributed by atoms with E-state index in [1.807, 2.05) is 17.5 Å². The molecule has 10 heteroatoms. The molecule has 0 aliphatic carbocycles. The zero-order chi connectivity index (χ0) is 22.6. The fraction of sp³-hybridized carbons (Fsp3) is 0.238. The highest BCUT2D eigenvalue weighted by molar-refractivity contribution is 7.89. The lowest BCUT2D eigenvalue weighted by Crippen LogP contribution is -2.31. The number of sulfonamides is 1. The first kappa shape index (κ1) is 23.2. The molecule has 164 valence electrons. The Kier molecular flexibility index (Phi) is 7.32. The third-order valence-corrected chi connectivity index (χ3v) is 7.69. The number of hydrogen-bond acceptors (Lipinski definition) is 6. The summed E-state index contributed by atoms with van der Waals surface area (Å²) in [6, 6.07) is 11.5. The first-order valence-electron chi connectivity index (χ1n) is 9.51. The lowest BCUT2D eigenvalue weighted by atomic mass is 10.2. The molecule has 0 atom stereocenters. The number of hydrogen-bond donors (Lipinski definition) is 1. The van der Waals surface area contributed by atoms with E-state index in [-0.39, 0.29) is 16.2 Å². The Morgan fingerprint density at radius 1 is 1.16 bits per heavy atom. The van der Waals surface area contributed by atoms with Crippen molar-refractivity contribution in [3.8, 4) is 17.0 Å². The van der Waals surface area contributed by atoms with Crippen LogP contribution in [0, 0.1) is 0 Å². The second-order valence-electron chi connectivity index (χ2n) is 6.45. The number of amides is 1. The fourth-order valence-electron chi connectivity index (χ4n) is 2.98. The van der Waals surface area contributed by atoms with Crippen LogP contribution in [0.2, 0.25) is 5.02 Å². The highest BCUT2D eigenvalue weighted by Crippen LogP contribution is 2.29. The second-order valence-corrected chi connectivity index (χ2v) is 9.65. The van der Waals surface area contributed by atoms with Crippen LogP contribution in [0.3, 0.4) is 0 Å². The number of aromatic nitrogens is 1. The molecule has 1 heterocycles. The Labute approximate surface area is 190 Å². The zero-order valence-corrected chi connectivity index (χ0v) is 19.6. The van der Waals surface area contributed by atoms with Gasteiger partial charge >= 0.3 is 0 Å². The number of carbonyl (C=O) groups is 1. The summed E-state index contributed by atoms with van der Waals surface area (Å²) in [6.07, 6.45) is 0. The first-order chi connectivity index (χ1) is 14.8. The monoisotopic (exact) mass is 479 g/mol. The number of thiazole rings is 1. The Morgan fingerprint density at radius 2 is 1.84 bits per heavy atom. The van der Waals surface area contributed by atoms with E-state index in [1.54, 1.807) is 26.0 Å². The van der Waals surface area contributed by atoms with Crippen molar-refractivity contribution in [2.75, 3.05) is 25.5 Å². The van der Waals surface area contributed by atoms with E-state index in [9.17, 15) is 13.2 Å². The molecular formula is C21H22ClN3O4S2. The van der Waals surface area contributed by atoms with Crippen LogP contribution >= 0.6 is 22.9 Å². The average Bonchev–Trinajstić information content (AvgIpc) is 3.22. The fourth-order valence-corrected chi connectivity index (χ4v) is 5.46. The van der Waals surface area contributed by atoms with Gasteiger partial charge < -0.3 is 4.74 Å². The number of anilines is 1. The van der Waals surface area contributed by atoms with Gasteiger partial charge in [0, 0.05) is 34.6 Å². The maximum Gasteiger partial charge on any atom is 0.257 e. The van der Waals surface area contributed by atoms with Crippen LogP contribution < -0.4 is 10.1 Å². The van der Waals surface area contributed by atoms with Gasteiger partial charge in [0.05, 0.1) is 12.8 Å². The van der Waals surface area contributed by atoms with E-state index in [1.165, 1.54) is 41.0 Å². The first-order valence-corrected chi connectivity index (χ1v) is 12.2. The number of methoxy groups -OCH3 is 1. The number of carbonyl (C=O) groups excluding carboxylic acids is 1. The summed E-state index contributed by atoms with van der Waals surface area (Å²) in [5.74, 6) is -0.279. The minimum Gasteiger partial charge on any atom is -0.495 e. The summed E-state index contributed by atoms with van der Waals surface area (Å²) >= 11 is 7.19. The highest BCUT2D eigenvalue weighted by atomic mass is 35.5. The number of rotatable bonds is 8. The van der Waals surface area contributed by atoms with E-state index in [0.29, 0.717) is 28.9 Å². The SMILES string of the molecule is CCN(CC)S(=O)(=O)c1cc(C(=O)Nc2nc(-c3ccc(Cl)cc3)cs2)ccc1OC. The summed E-state index contributed by atoms with van der Waals surface area (Å²) in [4.78, 5) is 17.2. The van der Waals surface area contributed by atoms with Crippen LogP contribution in [0.5, 0.6) is 5.75 Å². The standard InChI is InChI=1S/C21H22ClN3O4S2/c1-4-25(5-2)31(27,28)19-12-15(8-11-18(19)29-3)20(26)24-21-23-17(13-30-21)14-6-9-16(22)10-7-14/h6-13H,4-5H2,1-3H3,(H,23,24,26). The van der Waals surface area contributed by atoms with Crippen LogP contribution in [0.4, 0.5) is 5.13 Å². The molecule has 31 heavy (non-hydrogen) atoms. The van der Waals surface area contributed by atoms with Gasteiger partial charge in [-0.3, -0.25) is 10.1 Å². The molecule has 0 radical (unpaired) electrons. The Balaban J connectivity index is 1.87. The van der Waals surface area contributed by atoms with E-state index in [4.69, 9.17) is 16.3 Å². The summed E-state index contributed by atoms with van der Waals surface area (Å²) < 4.78 is 32.5. The molecule has 3 aromatic rings.